The average molecular weight is 244 g/mol. The van der Waals surface area contributed by atoms with Gasteiger partial charge in [0.15, 0.2) is 0 Å². The zero-order valence-electron chi connectivity index (χ0n) is 9.37. The Bertz CT molecular complexity index is 397. The van der Waals surface area contributed by atoms with Crippen LogP contribution in [0.1, 0.15) is 12.0 Å². The second kappa shape index (κ2) is 6.15. The molecule has 0 atom stereocenters. The number of amides is 1. The molecule has 0 aliphatic carbocycles. The number of para-hydroxylation sites is 1. The van der Waals surface area contributed by atoms with Gasteiger partial charge in [0, 0.05) is 13.0 Å². The smallest absolute Gasteiger partial charge is 0.387 e. The lowest BCUT2D eigenvalue weighted by Gasteiger charge is -2.13. The summed E-state index contributed by atoms with van der Waals surface area (Å²) in [7, 11) is 0. The molecule has 94 valence electrons. The van der Waals surface area contributed by atoms with E-state index in [1.165, 1.54) is 6.07 Å². The van der Waals surface area contributed by atoms with E-state index in [1.807, 2.05) is 0 Å². The van der Waals surface area contributed by atoms with E-state index in [0.29, 0.717) is 5.56 Å². The van der Waals surface area contributed by atoms with Gasteiger partial charge in [-0.2, -0.15) is 8.78 Å². The van der Waals surface area contributed by atoms with Gasteiger partial charge in [-0.25, -0.2) is 0 Å². The number of alkyl halides is 2. The highest BCUT2D eigenvalue weighted by atomic mass is 19.3. The lowest BCUT2D eigenvalue weighted by Crippen LogP contribution is -2.18. The molecule has 1 amide bonds. The first-order chi connectivity index (χ1) is 8.04. The van der Waals surface area contributed by atoms with Crippen molar-refractivity contribution in [2.24, 2.45) is 5.73 Å². The van der Waals surface area contributed by atoms with Crippen molar-refractivity contribution >= 4 is 11.6 Å². The standard InChI is InChI=1S/C11H14F2N2O2/c1-7-3-2-4-8(17-11(12)13)10(7)15-9(16)5-6-14/h2-4,11H,5-6,14H2,1H3,(H,15,16). The van der Waals surface area contributed by atoms with Gasteiger partial charge in [0.2, 0.25) is 5.91 Å². The predicted octanol–water partition coefficient (Wildman–Crippen LogP) is 1.88. The molecule has 0 spiro atoms. The Morgan fingerprint density at radius 3 is 2.82 bits per heavy atom. The number of carbonyl (C=O) groups excluding carboxylic acids is 1. The second-order valence-electron chi connectivity index (χ2n) is 3.41. The van der Waals surface area contributed by atoms with Crippen LogP contribution in [0.2, 0.25) is 0 Å². The number of benzene rings is 1. The van der Waals surface area contributed by atoms with E-state index in [1.54, 1.807) is 19.1 Å². The van der Waals surface area contributed by atoms with E-state index in [0.717, 1.165) is 0 Å². The molecule has 0 saturated heterocycles. The third-order valence-corrected chi connectivity index (χ3v) is 2.09. The van der Waals surface area contributed by atoms with Gasteiger partial charge in [-0.05, 0) is 18.6 Å². The summed E-state index contributed by atoms with van der Waals surface area (Å²) in [4.78, 5) is 11.4. The number of nitrogens with two attached hydrogens (primary N) is 1. The quantitative estimate of drug-likeness (QED) is 0.831. The molecule has 0 fully saturated rings. The van der Waals surface area contributed by atoms with E-state index >= 15 is 0 Å². The van der Waals surface area contributed by atoms with Crippen molar-refractivity contribution in [1.29, 1.82) is 0 Å². The van der Waals surface area contributed by atoms with Crippen LogP contribution in [0.4, 0.5) is 14.5 Å². The first kappa shape index (κ1) is 13.4. The molecule has 6 heteroatoms. The highest BCUT2D eigenvalue weighted by Gasteiger charge is 2.13. The molecule has 3 N–H and O–H groups in total. The Labute approximate surface area is 97.8 Å². The minimum Gasteiger partial charge on any atom is -0.433 e. The Kier molecular flexibility index (Phi) is 4.84. The fourth-order valence-electron chi connectivity index (χ4n) is 1.33. The van der Waals surface area contributed by atoms with Crippen molar-refractivity contribution in [3.05, 3.63) is 23.8 Å². The Hall–Kier alpha value is -1.69. The van der Waals surface area contributed by atoms with Crippen LogP contribution < -0.4 is 15.8 Å². The van der Waals surface area contributed by atoms with Crippen molar-refractivity contribution in [2.75, 3.05) is 11.9 Å². The monoisotopic (exact) mass is 244 g/mol. The summed E-state index contributed by atoms with van der Waals surface area (Å²) in [6, 6.07) is 4.64. The van der Waals surface area contributed by atoms with Gasteiger partial charge < -0.3 is 15.8 Å². The third kappa shape index (κ3) is 3.99. The SMILES string of the molecule is Cc1cccc(OC(F)F)c1NC(=O)CCN. The van der Waals surface area contributed by atoms with Crippen molar-refractivity contribution in [3.8, 4) is 5.75 Å². The van der Waals surface area contributed by atoms with Gasteiger partial charge in [-0.15, -0.1) is 0 Å². The van der Waals surface area contributed by atoms with Crippen LogP contribution in [0.25, 0.3) is 0 Å². The topological polar surface area (TPSA) is 64.3 Å². The molecule has 1 aromatic carbocycles. The van der Waals surface area contributed by atoms with E-state index in [4.69, 9.17) is 5.73 Å². The minimum atomic E-state index is -2.93. The van der Waals surface area contributed by atoms with Crippen molar-refractivity contribution in [3.63, 3.8) is 0 Å². The Morgan fingerprint density at radius 2 is 2.24 bits per heavy atom. The number of hydrogen-bond acceptors (Lipinski definition) is 3. The molecule has 0 saturated carbocycles. The van der Waals surface area contributed by atoms with Crippen LogP contribution in [0.3, 0.4) is 0 Å². The molecule has 0 aliphatic rings. The second-order valence-corrected chi connectivity index (χ2v) is 3.41. The molecule has 4 nitrogen and oxygen atoms in total. The fraction of sp³-hybridized carbons (Fsp3) is 0.364. The summed E-state index contributed by atoms with van der Waals surface area (Å²) in [5, 5.41) is 2.51. The summed E-state index contributed by atoms with van der Waals surface area (Å²) >= 11 is 0. The van der Waals surface area contributed by atoms with Gasteiger partial charge in [0.1, 0.15) is 5.75 Å². The maximum atomic E-state index is 12.2. The van der Waals surface area contributed by atoms with Crippen LogP contribution in [-0.4, -0.2) is 19.1 Å². The molecule has 0 aromatic heterocycles. The number of hydrogen-bond donors (Lipinski definition) is 2. The zero-order chi connectivity index (χ0) is 12.8. The molecular formula is C11H14F2N2O2. The number of halogens is 2. The largest absolute Gasteiger partial charge is 0.433 e. The molecule has 17 heavy (non-hydrogen) atoms. The Morgan fingerprint density at radius 1 is 1.53 bits per heavy atom. The molecule has 0 unspecified atom stereocenters. The first-order valence-electron chi connectivity index (χ1n) is 5.09. The van der Waals surface area contributed by atoms with Crippen LogP contribution in [-0.2, 0) is 4.79 Å². The zero-order valence-corrected chi connectivity index (χ0v) is 9.37. The van der Waals surface area contributed by atoms with Crippen molar-refractivity contribution in [1.82, 2.24) is 0 Å². The highest BCUT2D eigenvalue weighted by molar-refractivity contribution is 5.93. The van der Waals surface area contributed by atoms with E-state index in [9.17, 15) is 13.6 Å². The van der Waals surface area contributed by atoms with Crippen LogP contribution >= 0.6 is 0 Å². The summed E-state index contributed by atoms with van der Waals surface area (Å²) in [5.41, 5.74) is 6.13. The summed E-state index contributed by atoms with van der Waals surface area (Å²) in [5.74, 6) is -0.383. The van der Waals surface area contributed by atoms with Crippen molar-refractivity contribution in [2.45, 2.75) is 20.0 Å². The van der Waals surface area contributed by atoms with Gasteiger partial charge in [-0.1, -0.05) is 12.1 Å². The van der Waals surface area contributed by atoms with E-state index in [2.05, 4.69) is 10.1 Å². The molecule has 1 rings (SSSR count). The number of rotatable bonds is 5. The van der Waals surface area contributed by atoms with Gasteiger partial charge in [-0.3, -0.25) is 4.79 Å². The summed E-state index contributed by atoms with van der Waals surface area (Å²) in [6.45, 7) is -1.04. The molecule has 0 bridgehead atoms. The van der Waals surface area contributed by atoms with Crippen molar-refractivity contribution < 1.29 is 18.3 Å². The third-order valence-electron chi connectivity index (χ3n) is 2.09. The highest BCUT2D eigenvalue weighted by Crippen LogP contribution is 2.29. The minimum absolute atomic E-state index is 0.0506. The first-order valence-corrected chi connectivity index (χ1v) is 5.09. The summed E-state index contributed by atoms with van der Waals surface area (Å²) < 4.78 is 28.7. The lowest BCUT2D eigenvalue weighted by molar-refractivity contribution is -0.116. The van der Waals surface area contributed by atoms with Gasteiger partial charge in [0.25, 0.3) is 0 Å². The average Bonchev–Trinajstić information content (AvgIpc) is 2.23. The normalized spacial score (nSPS) is 10.4. The van der Waals surface area contributed by atoms with Crippen LogP contribution in [0.5, 0.6) is 5.75 Å². The maximum absolute atomic E-state index is 12.2. The van der Waals surface area contributed by atoms with E-state index < -0.39 is 6.61 Å². The Balaban J connectivity index is 2.91. The van der Waals surface area contributed by atoms with Crippen LogP contribution in [0, 0.1) is 6.92 Å². The van der Waals surface area contributed by atoms with Gasteiger partial charge in [0.05, 0.1) is 5.69 Å². The molecule has 1 aromatic rings. The number of nitrogens with one attached hydrogen (secondary N) is 1. The predicted molar refractivity (Wildman–Crippen MR) is 60.1 cm³/mol. The lowest BCUT2D eigenvalue weighted by atomic mass is 10.2. The summed E-state index contributed by atoms with van der Waals surface area (Å²) in [6.07, 6.45) is 0.127. The molecule has 0 aliphatic heterocycles. The number of aryl methyl sites for hydroxylation is 1. The van der Waals surface area contributed by atoms with Gasteiger partial charge >= 0.3 is 6.61 Å². The molecule has 0 heterocycles. The van der Waals surface area contributed by atoms with E-state index in [-0.39, 0.29) is 30.3 Å². The van der Waals surface area contributed by atoms with Crippen LogP contribution in [0.15, 0.2) is 18.2 Å². The maximum Gasteiger partial charge on any atom is 0.387 e. The number of anilines is 1. The molecule has 0 radical (unpaired) electrons. The molecular weight excluding hydrogens is 230 g/mol. The number of carbonyl (C=O) groups is 1. The number of ether oxygens (including phenoxy) is 1. The fourth-order valence-corrected chi connectivity index (χ4v) is 1.33.